The number of carbonyl (C=O) groups is 2. The standard InChI is InChI=1S/C22H17N3O3.BrH/c1-28-14-5-7-17-16(13-14)19-18(23-17)8-6-15-20(19)22(27)25(21(15)26)12-11-24-9-3-2-4-10-24;/h2-10,13H,11-12H2,1H3;1H. The summed E-state index contributed by atoms with van der Waals surface area (Å²) in [5.41, 5.74) is 2.67. The van der Waals surface area contributed by atoms with Crippen LogP contribution in [0.2, 0.25) is 0 Å². The molecule has 0 unspecified atom stereocenters. The third kappa shape index (κ3) is 2.98. The summed E-state index contributed by atoms with van der Waals surface area (Å²) in [6, 6.07) is 15.1. The van der Waals surface area contributed by atoms with Gasteiger partial charge in [0.1, 0.15) is 5.75 Å². The number of pyridine rings is 1. The van der Waals surface area contributed by atoms with Crippen molar-refractivity contribution in [3.8, 4) is 5.75 Å². The van der Waals surface area contributed by atoms with E-state index in [1.54, 1.807) is 13.2 Å². The molecule has 2 aromatic heterocycles. The van der Waals surface area contributed by atoms with Crippen LogP contribution in [0.5, 0.6) is 5.75 Å². The van der Waals surface area contributed by atoms with Gasteiger partial charge in [-0.3, -0.25) is 14.5 Å². The van der Waals surface area contributed by atoms with Crippen LogP contribution in [-0.2, 0) is 6.54 Å². The van der Waals surface area contributed by atoms with E-state index < -0.39 is 0 Å². The van der Waals surface area contributed by atoms with E-state index in [1.807, 2.05) is 59.4 Å². The van der Waals surface area contributed by atoms with Gasteiger partial charge in [0, 0.05) is 33.9 Å². The molecular formula is C22H18BrN3O3. The van der Waals surface area contributed by atoms with Gasteiger partial charge in [-0.2, -0.15) is 0 Å². The van der Waals surface area contributed by atoms with E-state index in [-0.39, 0.29) is 28.8 Å². The number of nitrogens with one attached hydrogen (secondary N) is 1. The Labute approximate surface area is 177 Å². The van der Waals surface area contributed by atoms with Crippen molar-refractivity contribution in [3.63, 3.8) is 0 Å². The van der Waals surface area contributed by atoms with Crippen LogP contribution in [0.3, 0.4) is 0 Å². The average Bonchev–Trinajstić information content (AvgIpc) is 3.21. The molecule has 3 heterocycles. The Kier molecular flexibility index (Phi) is 4.84. The van der Waals surface area contributed by atoms with E-state index >= 15 is 0 Å². The number of rotatable bonds is 4. The van der Waals surface area contributed by atoms with Crippen molar-refractivity contribution in [1.82, 2.24) is 9.88 Å². The molecule has 0 atom stereocenters. The molecule has 0 saturated heterocycles. The lowest BCUT2D eigenvalue weighted by Crippen LogP contribution is -3.00. The van der Waals surface area contributed by atoms with Crippen LogP contribution in [0, 0.1) is 0 Å². The third-order valence-corrected chi connectivity index (χ3v) is 5.26. The minimum absolute atomic E-state index is 0. The molecule has 146 valence electrons. The third-order valence-electron chi connectivity index (χ3n) is 5.26. The maximum atomic E-state index is 13.2. The van der Waals surface area contributed by atoms with E-state index in [2.05, 4.69) is 4.98 Å². The number of fused-ring (bicyclic) bond motifs is 5. The number of methoxy groups -OCH3 is 1. The monoisotopic (exact) mass is 451 g/mol. The molecule has 2 aromatic carbocycles. The van der Waals surface area contributed by atoms with E-state index in [0.717, 1.165) is 21.8 Å². The molecule has 0 saturated carbocycles. The van der Waals surface area contributed by atoms with Crippen molar-refractivity contribution in [1.29, 1.82) is 0 Å². The summed E-state index contributed by atoms with van der Waals surface area (Å²) in [6.07, 6.45) is 3.84. The van der Waals surface area contributed by atoms with Crippen molar-refractivity contribution in [2.24, 2.45) is 0 Å². The predicted molar refractivity (Wildman–Crippen MR) is 104 cm³/mol. The summed E-state index contributed by atoms with van der Waals surface area (Å²) in [7, 11) is 1.61. The van der Waals surface area contributed by atoms with Gasteiger partial charge >= 0.3 is 0 Å². The summed E-state index contributed by atoms with van der Waals surface area (Å²) in [4.78, 5) is 30.8. The van der Waals surface area contributed by atoms with Crippen molar-refractivity contribution < 1.29 is 35.9 Å². The van der Waals surface area contributed by atoms with Gasteiger partial charge in [0.15, 0.2) is 18.9 Å². The van der Waals surface area contributed by atoms with Crippen molar-refractivity contribution in [2.45, 2.75) is 6.54 Å². The molecule has 0 radical (unpaired) electrons. The van der Waals surface area contributed by atoms with Gasteiger partial charge in [-0.25, -0.2) is 4.57 Å². The van der Waals surface area contributed by atoms with Crippen LogP contribution < -0.4 is 26.3 Å². The molecule has 5 rings (SSSR count). The average molecular weight is 452 g/mol. The number of halogens is 1. The van der Waals surface area contributed by atoms with Gasteiger partial charge in [-0.05, 0) is 30.3 Å². The van der Waals surface area contributed by atoms with Gasteiger partial charge in [0.25, 0.3) is 11.8 Å². The number of aromatic nitrogens is 2. The summed E-state index contributed by atoms with van der Waals surface area (Å²) >= 11 is 0. The molecule has 4 aromatic rings. The molecule has 0 aliphatic carbocycles. The van der Waals surface area contributed by atoms with Crippen LogP contribution in [0.1, 0.15) is 20.7 Å². The van der Waals surface area contributed by atoms with Crippen LogP contribution >= 0.6 is 0 Å². The molecule has 0 spiro atoms. The lowest BCUT2D eigenvalue weighted by molar-refractivity contribution is -0.695. The van der Waals surface area contributed by atoms with E-state index in [9.17, 15) is 9.59 Å². The zero-order chi connectivity index (χ0) is 19.3. The van der Waals surface area contributed by atoms with Gasteiger partial charge in [-0.1, -0.05) is 6.07 Å². The van der Waals surface area contributed by atoms with Crippen molar-refractivity contribution in [2.75, 3.05) is 13.7 Å². The summed E-state index contributed by atoms with van der Waals surface area (Å²) < 4.78 is 7.29. The first-order chi connectivity index (χ1) is 13.7. The summed E-state index contributed by atoms with van der Waals surface area (Å²) in [5.74, 6) is 0.224. The highest BCUT2D eigenvalue weighted by molar-refractivity contribution is 6.30. The Balaban J connectivity index is 0.00000205. The molecule has 29 heavy (non-hydrogen) atoms. The fourth-order valence-corrected chi connectivity index (χ4v) is 3.87. The topological polar surface area (TPSA) is 66.3 Å². The van der Waals surface area contributed by atoms with Crippen LogP contribution in [-0.4, -0.2) is 35.4 Å². The quantitative estimate of drug-likeness (QED) is 0.348. The highest BCUT2D eigenvalue weighted by Gasteiger charge is 2.38. The SMILES string of the molecule is COc1ccc2[nH]c3ccc4c(c3c2c1)C(=O)N(CC[n+]1ccccc1)C4=O.[Br-]. The van der Waals surface area contributed by atoms with Gasteiger partial charge in [0.05, 0.1) is 24.8 Å². The van der Waals surface area contributed by atoms with Crippen LogP contribution in [0.15, 0.2) is 60.9 Å². The Hall–Kier alpha value is -3.19. The first-order valence-electron chi connectivity index (χ1n) is 9.10. The maximum Gasteiger partial charge on any atom is 0.262 e. The Morgan fingerprint density at radius 3 is 2.52 bits per heavy atom. The Morgan fingerprint density at radius 2 is 1.76 bits per heavy atom. The number of benzene rings is 2. The first-order valence-corrected chi connectivity index (χ1v) is 9.10. The molecule has 1 N–H and O–H groups in total. The van der Waals surface area contributed by atoms with E-state index in [0.29, 0.717) is 30.0 Å². The van der Waals surface area contributed by atoms with Gasteiger partial charge < -0.3 is 26.7 Å². The van der Waals surface area contributed by atoms with Crippen LogP contribution in [0.25, 0.3) is 21.8 Å². The molecule has 7 heteroatoms. The smallest absolute Gasteiger partial charge is 0.262 e. The minimum atomic E-state index is -0.245. The zero-order valence-corrected chi connectivity index (χ0v) is 17.3. The zero-order valence-electron chi connectivity index (χ0n) is 15.7. The fraction of sp³-hybridized carbons (Fsp3) is 0.136. The number of carbonyl (C=O) groups excluding carboxylic acids is 2. The summed E-state index contributed by atoms with van der Waals surface area (Å²) in [6.45, 7) is 0.880. The van der Waals surface area contributed by atoms with Gasteiger partial charge in [-0.15, -0.1) is 0 Å². The molecule has 1 aliphatic heterocycles. The second-order valence-electron chi connectivity index (χ2n) is 6.82. The predicted octanol–water partition coefficient (Wildman–Crippen LogP) is -0.0826. The number of hydrogen-bond donors (Lipinski definition) is 1. The van der Waals surface area contributed by atoms with Crippen LogP contribution in [0.4, 0.5) is 0 Å². The molecule has 1 aliphatic rings. The number of aromatic amines is 1. The van der Waals surface area contributed by atoms with E-state index in [4.69, 9.17) is 4.74 Å². The van der Waals surface area contributed by atoms with Crippen molar-refractivity contribution >= 4 is 33.6 Å². The highest BCUT2D eigenvalue weighted by atomic mass is 79.9. The number of H-pyrrole nitrogens is 1. The number of hydrogen-bond acceptors (Lipinski definition) is 3. The van der Waals surface area contributed by atoms with E-state index in [1.165, 1.54) is 4.90 Å². The molecule has 0 bridgehead atoms. The molecule has 6 nitrogen and oxygen atoms in total. The normalized spacial score (nSPS) is 13.1. The highest BCUT2D eigenvalue weighted by Crippen LogP contribution is 2.36. The largest absolute Gasteiger partial charge is 1.00 e. The lowest BCUT2D eigenvalue weighted by Gasteiger charge is -2.11. The summed E-state index contributed by atoms with van der Waals surface area (Å²) in [5, 5.41) is 1.66. The van der Waals surface area contributed by atoms with Gasteiger partial charge in [0.2, 0.25) is 0 Å². The Bertz CT molecular complexity index is 1250. The van der Waals surface area contributed by atoms with Crippen molar-refractivity contribution in [3.05, 3.63) is 72.1 Å². The minimum Gasteiger partial charge on any atom is -1.00 e. The fourth-order valence-electron chi connectivity index (χ4n) is 3.87. The second kappa shape index (κ2) is 7.33. The maximum absolute atomic E-state index is 13.2. The number of amides is 2. The lowest BCUT2D eigenvalue weighted by atomic mass is 10.0. The molecular weight excluding hydrogens is 434 g/mol. The molecule has 2 amide bonds. The number of nitrogens with zero attached hydrogens (tertiary/aromatic N) is 2. The number of ether oxygens (including phenoxy) is 1. The second-order valence-corrected chi connectivity index (χ2v) is 6.82. The first kappa shape index (κ1) is 19.1. The Morgan fingerprint density at radius 1 is 1.00 bits per heavy atom. The number of imide groups is 1. The molecule has 0 fully saturated rings.